The van der Waals surface area contributed by atoms with Crippen molar-refractivity contribution in [2.45, 2.75) is 25.8 Å². The third kappa shape index (κ3) is 3.56. The molecule has 2 amide bonds. The van der Waals surface area contributed by atoms with E-state index in [4.69, 9.17) is 4.74 Å². The minimum Gasteiger partial charge on any atom is -0.494 e. The lowest BCUT2D eigenvalue weighted by Crippen LogP contribution is -2.37. The van der Waals surface area contributed by atoms with Crippen molar-refractivity contribution in [3.05, 3.63) is 59.7 Å². The van der Waals surface area contributed by atoms with E-state index >= 15 is 0 Å². The molecule has 24 heavy (non-hydrogen) atoms. The highest BCUT2D eigenvalue weighted by molar-refractivity contribution is 6.39. The standard InChI is InChI=1S/C19H20N2O3/c1-2-24-15-10-8-14(9-11-15)20-18(22)19(23)21-17-12-7-13-5-3-4-6-16(13)17/h3-6,8-11,17H,2,7,12H2,1H3,(H,20,22)(H,21,23). The zero-order valence-corrected chi connectivity index (χ0v) is 13.5. The van der Waals surface area contributed by atoms with Gasteiger partial charge in [0.05, 0.1) is 12.6 Å². The molecule has 3 rings (SSSR count). The molecule has 5 heteroatoms. The lowest BCUT2D eigenvalue weighted by molar-refractivity contribution is -0.136. The Balaban J connectivity index is 1.58. The number of anilines is 1. The van der Waals surface area contributed by atoms with Crippen LogP contribution in [0.2, 0.25) is 0 Å². The highest BCUT2D eigenvalue weighted by Gasteiger charge is 2.25. The molecule has 0 radical (unpaired) electrons. The zero-order valence-electron chi connectivity index (χ0n) is 13.5. The minimum absolute atomic E-state index is 0.0974. The largest absolute Gasteiger partial charge is 0.494 e. The van der Waals surface area contributed by atoms with Crippen LogP contribution in [0.25, 0.3) is 0 Å². The quantitative estimate of drug-likeness (QED) is 0.850. The van der Waals surface area contributed by atoms with E-state index in [0.717, 1.165) is 24.2 Å². The predicted molar refractivity (Wildman–Crippen MR) is 91.9 cm³/mol. The molecule has 0 aromatic heterocycles. The third-order valence-electron chi connectivity index (χ3n) is 4.07. The van der Waals surface area contributed by atoms with Gasteiger partial charge in [-0.1, -0.05) is 24.3 Å². The molecule has 0 bridgehead atoms. The number of amides is 2. The van der Waals surface area contributed by atoms with Crippen molar-refractivity contribution >= 4 is 17.5 Å². The fraction of sp³-hybridized carbons (Fsp3) is 0.263. The number of benzene rings is 2. The number of carbonyl (C=O) groups is 2. The van der Waals surface area contributed by atoms with Crippen LogP contribution in [0.4, 0.5) is 5.69 Å². The molecule has 0 fully saturated rings. The Morgan fingerprint density at radius 2 is 1.83 bits per heavy atom. The van der Waals surface area contributed by atoms with Gasteiger partial charge >= 0.3 is 11.8 Å². The van der Waals surface area contributed by atoms with Crippen molar-refractivity contribution in [2.24, 2.45) is 0 Å². The molecular weight excluding hydrogens is 304 g/mol. The predicted octanol–water partition coefficient (Wildman–Crippen LogP) is 2.83. The van der Waals surface area contributed by atoms with Gasteiger partial charge < -0.3 is 15.4 Å². The van der Waals surface area contributed by atoms with Crippen molar-refractivity contribution in [1.82, 2.24) is 5.32 Å². The Morgan fingerprint density at radius 1 is 1.08 bits per heavy atom. The number of carbonyl (C=O) groups excluding carboxylic acids is 2. The molecule has 0 spiro atoms. The van der Waals surface area contributed by atoms with Crippen LogP contribution in [-0.2, 0) is 16.0 Å². The van der Waals surface area contributed by atoms with Gasteiger partial charge in [-0.3, -0.25) is 9.59 Å². The summed E-state index contributed by atoms with van der Waals surface area (Å²) in [6.07, 6.45) is 1.74. The van der Waals surface area contributed by atoms with Crippen LogP contribution in [0, 0.1) is 0 Å². The van der Waals surface area contributed by atoms with Crippen LogP contribution in [0.1, 0.15) is 30.5 Å². The monoisotopic (exact) mass is 324 g/mol. The number of fused-ring (bicyclic) bond motifs is 1. The normalized spacial score (nSPS) is 15.5. The number of rotatable bonds is 4. The number of hydrogen-bond acceptors (Lipinski definition) is 3. The highest BCUT2D eigenvalue weighted by Crippen LogP contribution is 2.30. The first-order chi connectivity index (χ1) is 11.7. The molecule has 1 aliphatic carbocycles. The summed E-state index contributed by atoms with van der Waals surface area (Å²) in [4.78, 5) is 24.2. The Morgan fingerprint density at radius 3 is 2.58 bits per heavy atom. The first-order valence-electron chi connectivity index (χ1n) is 8.10. The van der Waals surface area contributed by atoms with Gasteiger partial charge in [0.15, 0.2) is 0 Å². The SMILES string of the molecule is CCOc1ccc(NC(=O)C(=O)NC2CCc3ccccc32)cc1. The molecule has 0 saturated carbocycles. The third-order valence-corrected chi connectivity index (χ3v) is 4.07. The van der Waals surface area contributed by atoms with Gasteiger partial charge in [0.2, 0.25) is 0 Å². The molecule has 1 atom stereocenters. The van der Waals surface area contributed by atoms with Crippen LogP contribution in [0.5, 0.6) is 5.75 Å². The second kappa shape index (κ2) is 7.17. The van der Waals surface area contributed by atoms with Gasteiger partial charge in [0, 0.05) is 5.69 Å². The topological polar surface area (TPSA) is 67.4 Å². The molecule has 5 nitrogen and oxygen atoms in total. The van der Waals surface area contributed by atoms with Crippen LogP contribution >= 0.6 is 0 Å². The Bertz CT molecular complexity index is 741. The van der Waals surface area contributed by atoms with E-state index in [9.17, 15) is 9.59 Å². The van der Waals surface area contributed by atoms with Gasteiger partial charge in [-0.05, 0) is 55.2 Å². The lowest BCUT2D eigenvalue weighted by Gasteiger charge is -2.14. The Kier molecular flexibility index (Phi) is 4.79. The van der Waals surface area contributed by atoms with Crippen molar-refractivity contribution in [3.63, 3.8) is 0 Å². The molecule has 0 heterocycles. The minimum atomic E-state index is -0.663. The molecule has 2 aromatic carbocycles. The molecule has 1 unspecified atom stereocenters. The first kappa shape index (κ1) is 16.1. The van der Waals surface area contributed by atoms with Crippen LogP contribution in [0.15, 0.2) is 48.5 Å². The van der Waals surface area contributed by atoms with Crippen LogP contribution in [0.3, 0.4) is 0 Å². The van der Waals surface area contributed by atoms with Crippen LogP contribution in [-0.4, -0.2) is 18.4 Å². The average molecular weight is 324 g/mol. The molecule has 124 valence electrons. The Labute approximate surface area is 141 Å². The molecule has 0 saturated heterocycles. The molecule has 1 aliphatic rings. The van der Waals surface area contributed by atoms with E-state index in [0.29, 0.717) is 12.3 Å². The maximum absolute atomic E-state index is 12.1. The summed E-state index contributed by atoms with van der Waals surface area (Å²) in [7, 11) is 0. The maximum Gasteiger partial charge on any atom is 0.313 e. The van der Waals surface area contributed by atoms with Gasteiger partial charge in [-0.15, -0.1) is 0 Å². The summed E-state index contributed by atoms with van der Waals surface area (Å²) in [5.41, 5.74) is 2.89. The number of nitrogens with one attached hydrogen (secondary N) is 2. The smallest absolute Gasteiger partial charge is 0.313 e. The number of aryl methyl sites for hydroxylation is 1. The molecular formula is C19H20N2O3. The maximum atomic E-state index is 12.1. The second-order valence-corrected chi connectivity index (χ2v) is 5.68. The molecule has 0 aliphatic heterocycles. The second-order valence-electron chi connectivity index (χ2n) is 5.68. The number of ether oxygens (including phenoxy) is 1. The summed E-state index contributed by atoms with van der Waals surface area (Å²) >= 11 is 0. The van der Waals surface area contributed by atoms with E-state index in [-0.39, 0.29) is 6.04 Å². The van der Waals surface area contributed by atoms with E-state index in [1.54, 1.807) is 24.3 Å². The molecule has 2 N–H and O–H groups in total. The van der Waals surface area contributed by atoms with E-state index in [1.807, 2.05) is 25.1 Å². The first-order valence-corrected chi connectivity index (χ1v) is 8.10. The van der Waals surface area contributed by atoms with Crippen LogP contribution < -0.4 is 15.4 Å². The molecule has 2 aromatic rings. The number of hydrogen-bond donors (Lipinski definition) is 2. The van der Waals surface area contributed by atoms with E-state index in [1.165, 1.54) is 5.56 Å². The zero-order chi connectivity index (χ0) is 16.9. The fourth-order valence-electron chi connectivity index (χ4n) is 2.92. The van der Waals surface area contributed by atoms with Gasteiger partial charge in [0.25, 0.3) is 0 Å². The fourth-order valence-corrected chi connectivity index (χ4v) is 2.92. The van der Waals surface area contributed by atoms with Crippen molar-refractivity contribution in [2.75, 3.05) is 11.9 Å². The summed E-state index contributed by atoms with van der Waals surface area (Å²) in [5.74, 6) is -0.559. The van der Waals surface area contributed by atoms with E-state index in [2.05, 4.69) is 16.7 Å². The summed E-state index contributed by atoms with van der Waals surface area (Å²) in [6, 6.07) is 14.8. The Hall–Kier alpha value is -2.82. The van der Waals surface area contributed by atoms with Gasteiger partial charge in [0.1, 0.15) is 5.75 Å². The van der Waals surface area contributed by atoms with Gasteiger partial charge in [-0.25, -0.2) is 0 Å². The van der Waals surface area contributed by atoms with Crippen molar-refractivity contribution < 1.29 is 14.3 Å². The summed E-state index contributed by atoms with van der Waals surface area (Å²) in [6.45, 7) is 2.48. The van der Waals surface area contributed by atoms with Crippen molar-refractivity contribution in [1.29, 1.82) is 0 Å². The summed E-state index contributed by atoms with van der Waals surface area (Å²) < 4.78 is 5.34. The highest BCUT2D eigenvalue weighted by atomic mass is 16.5. The van der Waals surface area contributed by atoms with Crippen molar-refractivity contribution in [3.8, 4) is 5.75 Å². The summed E-state index contributed by atoms with van der Waals surface area (Å²) in [5, 5.41) is 5.41. The van der Waals surface area contributed by atoms with Gasteiger partial charge in [-0.2, -0.15) is 0 Å². The van der Waals surface area contributed by atoms with E-state index < -0.39 is 11.8 Å². The lowest BCUT2D eigenvalue weighted by atomic mass is 10.1. The average Bonchev–Trinajstić information content (AvgIpc) is 3.00.